The summed E-state index contributed by atoms with van der Waals surface area (Å²) in [5, 5.41) is 4.29. The number of aromatic nitrogens is 6. The zero-order valence-electron chi connectivity index (χ0n) is 20.4. The molecule has 0 fully saturated rings. The summed E-state index contributed by atoms with van der Waals surface area (Å²) < 4.78 is 58.1. The van der Waals surface area contributed by atoms with Gasteiger partial charge in [0.05, 0.1) is 18.3 Å². The molecule has 1 atom stereocenters. The van der Waals surface area contributed by atoms with E-state index in [0.717, 1.165) is 11.5 Å². The number of rotatable bonds is 10. The molecule has 0 aliphatic rings. The Labute approximate surface area is 212 Å². The molecule has 0 amide bonds. The van der Waals surface area contributed by atoms with Crippen molar-refractivity contribution in [3.05, 3.63) is 68.6 Å². The molecule has 0 saturated heterocycles. The molecular formula is C23H26F2N6O5S. The minimum absolute atomic E-state index is 0.0426. The van der Waals surface area contributed by atoms with E-state index in [2.05, 4.69) is 10.1 Å². The second-order valence-electron chi connectivity index (χ2n) is 8.50. The molecule has 3 aromatic heterocycles. The molecule has 37 heavy (non-hydrogen) atoms. The first-order chi connectivity index (χ1) is 17.5. The van der Waals surface area contributed by atoms with E-state index in [9.17, 15) is 27.1 Å². The first-order valence-electron chi connectivity index (χ1n) is 11.5. The Morgan fingerprint density at radius 3 is 2.57 bits per heavy atom. The predicted octanol–water partition coefficient (Wildman–Crippen LogP) is 2.92. The Morgan fingerprint density at radius 1 is 1.16 bits per heavy atom. The van der Waals surface area contributed by atoms with Gasteiger partial charge in [-0.2, -0.15) is 9.31 Å². The monoisotopic (exact) mass is 536 g/mol. The topological polar surface area (TPSA) is 126 Å². The number of nitrogens with zero attached hydrogens (tertiary/aromatic N) is 6. The Morgan fingerprint density at radius 2 is 1.92 bits per heavy atom. The lowest BCUT2D eigenvalue weighted by Gasteiger charge is -2.12. The van der Waals surface area contributed by atoms with Crippen molar-refractivity contribution >= 4 is 22.5 Å². The third kappa shape index (κ3) is 5.31. The maximum Gasteiger partial charge on any atom is 0.332 e. The van der Waals surface area contributed by atoms with E-state index in [1.165, 1.54) is 32.1 Å². The molecule has 1 unspecified atom stereocenters. The van der Waals surface area contributed by atoms with E-state index in [0.29, 0.717) is 17.5 Å². The minimum atomic E-state index is -2.98. The van der Waals surface area contributed by atoms with Gasteiger partial charge in [0.2, 0.25) is 0 Å². The van der Waals surface area contributed by atoms with Gasteiger partial charge in [0.25, 0.3) is 11.5 Å². The first kappa shape index (κ1) is 26.6. The number of halogens is 2. The quantitative estimate of drug-likeness (QED) is 0.309. The van der Waals surface area contributed by atoms with Crippen LogP contribution in [-0.2, 0) is 47.8 Å². The van der Waals surface area contributed by atoms with Crippen molar-refractivity contribution in [2.75, 3.05) is 0 Å². The van der Waals surface area contributed by atoms with Gasteiger partial charge in [0.1, 0.15) is 12.6 Å². The van der Waals surface area contributed by atoms with Gasteiger partial charge in [-0.15, -0.1) is 0 Å². The van der Waals surface area contributed by atoms with Crippen LogP contribution in [0.25, 0.3) is 22.6 Å². The maximum atomic E-state index is 13.7. The van der Waals surface area contributed by atoms with Gasteiger partial charge in [0, 0.05) is 31.8 Å². The predicted molar refractivity (Wildman–Crippen MR) is 132 cm³/mol. The number of imidazole rings is 1. The summed E-state index contributed by atoms with van der Waals surface area (Å²) in [4.78, 5) is 30.8. The molecule has 11 nitrogen and oxygen atoms in total. The maximum absolute atomic E-state index is 13.7. The lowest BCUT2D eigenvalue weighted by molar-refractivity contribution is 0.0174. The molecule has 4 aromatic rings. The fourth-order valence-electron chi connectivity index (χ4n) is 4.14. The van der Waals surface area contributed by atoms with Crippen LogP contribution in [0.5, 0.6) is 0 Å². The van der Waals surface area contributed by atoms with Crippen LogP contribution in [0.2, 0.25) is 0 Å². The minimum Gasteiger partial charge on any atom is -0.292 e. The largest absolute Gasteiger partial charge is 0.332 e. The smallest absolute Gasteiger partial charge is 0.292 e. The summed E-state index contributed by atoms with van der Waals surface area (Å²) in [6.45, 7) is 4.52. The zero-order chi connectivity index (χ0) is 26.9. The van der Waals surface area contributed by atoms with Crippen LogP contribution in [0.3, 0.4) is 0 Å². The lowest BCUT2D eigenvalue weighted by Crippen LogP contribution is -2.40. The fourth-order valence-corrected chi connectivity index (χ4v) is 4.33. The molecule has 1 N–H and O–H groups in total. The van der Waals surface area contributed by atoms with E-state index in [-0.39, 0.29) is 42.2 Å². The normalized spacial score (nSPS) is 12.9. The van der Waals surface area contributed by atoms with Crippen molar-refractivity contribution < 1.29 is 21.7 Å². The highest BCUT2D eigenvalue weighted by atomic mass is 32.2. The van der Waals surface area contributed by atoms with Crippen LogP contribution < -0.4 is 11.2 Å². The Kier molecular flexibility index (Phi) is 7.52. The van der Waals surface area contributed by atoms with Crippen molar-refractivity contribution in [3.8, 4) is 11.4 Å². The molecule has 0 aliphatic heterocycles. The standard InChI is InChI=1S/C23H26F2N6O5S/c1-4-9-30-21(32)18-20(29(5-2)22(30)33)27-19(31(18)14-36-37(34)35)16-11-26-28(13-16)12-15-7-6-8-17(10-15)23(3,24)25/h6-8,10-11,13H,4-5,9,12,14H2,1-3H3,(H,34,35). The van der Waals surface area contributed by atoms with E-state index >= 15 is 0 Å². The highest BCUT2D eigenvalue weighted by Crippen LogP contribution is 2.28. The van der Waals surface area contributed by atoms with Gasteiger partial charge in [-0.25, -0.2) is 22.7 Å². The van der Waals surface area contributed by atoms with E-state index in [1.54, 1.807) is 25.3 Å². The van der Waals surface area contributed by atoms with Crippen LogP contribution in [0.1, 0.15) is 38.3 Å². The summed E-state index contributed by atoms with van der Waals surface area (Å²) in [5.74, 6) is -2.80. The number of aryl methyl sites for hydroxylation is 1. The van der Waals surface area contributed by atoms with E-state index in [4.69, 9.17) is 4.18 Å². The van der Waals surface area contributed by atoms with Crippen LogP contribution in [0.4, 0.5) is 8.78 Å². The molecule has 198 valence electrons. The lowest BCUT2D eigenvalue weighted by atomic mass is 10.1. The summed E-state index contributed by atoms with van der Waals surface area (Å²) >= 11 is -2.62. The van der Waals surface area contributed by atoms with Crippen LogP contribution in [0, 0.1) is 0 Å². The summed E-state index contributed by atoms with van der Waals surface area (Å²) in [6, 6.07) is 6.00. The molecule has 1 aromatic carbocycles. The Hall–Kier alpha value is -3.49. The van der Waals surface area contributed by atoms with Crippen molar-refractivity contribution in [1.82, 2.24) is 28.5 Å². The fraction of sp³-hybridized carbons (Fsp3) is 0.391. The van der Waals surface area contributed by atoms with E-state index < -0.39 is 35.3 Å². The third-order valence-corrected chi connectivity index (χ3v) is 6.14. The molecule has 0 radical (unpaired) electrons. The Balaban J connectivity index is 1.83. The molecule has 0 saturated carbocycles. The second-order valence-corrected chi connectivity index (χ2v) is 9.17. The SMILES string of the molecule is CCCn1c(=O)c2c(nc(-c3cnn(Cc4cccc(C(C)(F)F)c4)c3)n2COS(=O)O)n(CC)c1=O. The number of hydrogen-bond donors (Lipinski definition) is 1. The van der Waals surface area contributed by atoms with Gasteiger partial charge in [-0.1, -0.05) is 25.1 Å². The third-order valence-electron chi connectivity index (χ3n) is 5.83. The van der Waals surface area contributed by atoms with Gasteiger partial charge in [0.15, 0.2) is 11.2 Å². The highest BCUT2D eigenvalue weighted by molar-refractivity contribution is 7.74. The highest BCUT2D eigenvalue weighted by Gasteiger charge is 2.25. The van der Waals surface area contributed by atoms with Crippen LogP contribution in [0.15, 0.2) is 46.2 Å². The molecule has 4 rings (SSSR count). The number of fused-ring (bicyclic) bond motifs is 1. The van der Waals surface area contributed by atoms with Gasteiger partial charge >= 0.3 is 17.1 Å². The summed E-state index contributed by atoms with van der Waals surface area (Å²) in [6.07, 6.45) is 3.61. The number of hydrogen-bond acceptors (Lipinski definition) is 6. The van der Waals surface area contributed by atoms with Crippen molar-refractivity contribution in [3.63, 3.8) is 0 Å². The second kappa shape index (κ2) is 10.5. The molecular weight excluding hydrogens is 510 g/mol. The molecule has 14 heteroatoms. The van der Waals surface area contributed by atoms with Crippen molar-refractivity contribution in [2.45, 2.75) is 59.5 Å². The van der Waals surface area contributed by atoms with Crippen LogP contribution >= 0.6 is 0 Å². The summed E-state index contributed by atoms with van der Waals surface area (Å²) in [7, 11) is 0. The van der Waals surface area contributed by atoms with Gasteiger partial charge in [-0.05, 0) is 25.0 Å². The number of alkyl halides is 2. The zero-order valence-corrected chi connectivity index (χ0v) is 21.2. The van der Waals surface area contributed by atoms with Gasteiger partial charge < -0.3 is 0 Å². The van der Waals surface area contributed by atoms with Crippen molar-refractivity contribution in [2.24, 2.45) is 0 Å². The number of benzene rings is 1. The average Bonchev–Trinajstić information content (AvgIpc) is 3.45. The molecule has 0 spiro atoms. The molecule has 0 bridgehead atoms. The first-order valence-corrected chi connectivity index (χ1v) is 12.6. The average molecular weight is 537 g/mol. The Bertz CT molecular complexity index is 1580. The van der Waals surface area contributed by atoms with Crippen molar-refractivity contribution in [1.29, 1.82) is 0 Å². The molecule has 0 aliphatic carbocycles. The van der Waals surface area contributed by atoms with Crippen LogP contribution in [-0.4, -0.2) is 37.2 Å². The summed E-state index contributed by atoms with van der Waals surface area (Å²) in [5.41, 5.74) is -0.0381. The van der Waals surface area contributed by atoms with E-state index in [1.807, 2.05) is 6.92 Å². The molecule has 3 heterocycles. The van der Waals surface area contributed by atoms with Gasteiger partial charge in [-0.3, -0.25) is 27.7 Å².